The second-order valence-corrected chi connectivity index (χ2v) is 7.51. The number of nitrogens with zero attached hydrogens (tertiary/aromatic N) is 3. The predicted molar refractivity (Wildman–Crippen MR) is 126 cm³/mol. The molecule has 0 radical (unpaired) electrons. The van der Waals surface area contributed by atoms with Gasteiger partial charge >= 0.3 is 0 Å². The van der Waals surface area contributed by atoms with Crippen molar-refractivity contribution in [3.8, 4) is 17.2 Å². The highest BCUT2D eigenvalue weighted by atomic mass is 16.6. The van der Waals surface area contributed by atoms with Crippen LogP contribution in [0.4, 0.5) is 5.69 Å². The number of carbonyl (C=O) groups is 1. The summed E-state index contributed by atoms with van der Waals surface area (Å²) in [5, 5.41) is 17.6. The summed E-state index contributed by atoms with van der Waals surface area (Å²) < 4.78 is 16.1. The largest absolute Gasteiger partial charge is 0.493 e. The smallest absolute Gasteiger partial charge is 0.274 e. The average Bonchev–Trinajstić information content (AvgIpc) is 3.33. The maximum absolute atomic E-state index is 13.7. The number of para-hydroxylation sites is 1. The minimum atomic E-state index is -0.664. The summed E-state index contributed by atoms with van der Waals surface area (Å²) in [5.74, 6) is 0.540. The van der Waals surface area contributed by atoms with E-state index >= 15 is 0 Å². The Bertz CT molecular complexity index is 1230. The molecule has 0 unspecified atom stereocenters. The van der Waals surface area contributed by atoms with Crippen molar-refractivity contribution in [3.63, 3.8) is 0 Å². The maximum atomic E-state index is 13.7. The molecule has 1 atom stereocenters. The van der Waals surface area contributed by atoms with Crippen LogP contribution >= 0.6 is 0 Å². The summed E-state index contributed by atoms with van der Waals surface area (Å²) in [6.07, 6.45) is 0.324. The van der Waals surface area contributed by atoms with E-state index in [0.29, 0.717) is 34.9 Å². The third-order valence-electron chi connectivity index (χ3n) is 5.63. The van der Waals surface area contributed by atoms with Gasteiger partial charge in [0.05, 0.1) is 43.6 Å². The van der Waals surface area contributed by atoms with Crippen LogP contribution in [0.1, 0.15) is 33.9 Å². The van der Waals surface area contributed by atoms with Gasteiger partial charge in [0.2, 0.25) is 5.75 Å². The van der Waals surface area contributed by atoms with E-state index in [1.165, 1.54) is 44.5 Å². The molecule has 1 heterocycles. The summed E-state index contributed by atoms with van der Waals surface area (Å²) in [5.41, 5.74) is 2.08. The van der Waals surface area contributed by atoms with E-state index in [0.717, 1.165) is 5.56 Å². The number of hydrogen-bond acceptors (Lipinski definition) is 7. The summed E-state index contributed by atoms with van der Waals surface area (Å²) in [6, 6.07) is 18.2. The Morgan fingerprint density at radius 2 is 1.59 bits per heavy atom. The molecule has 3 aromatic rings. The van der Waals surface area contributed by atoms with Gasteiger partial charge in [0, 0.05) is 18.1 Å². The molecule has 0 bridgehead atoms. The molecule has 4 rings (SSSR count). The molecule has 0 fully saturated rings. The summed E-state index contributed by atoms with van der Waals surface area (Å²) in [6.45, 7) is 0. The van der Waals surface area contributed by atoms with Gasteiger partial charge in [0.25, 0.3) is 11.6 Å². The highest BCUT2D eigenvalue weighted by Crippen LogP contribution is 2.41. The molecule has 1 aliphatic rings. The van der Waals surface area contributed by atoms with Crippen molar-refractivity contribution < 1.29 is 23.9 Å². The van der Waals surface area contributed by atoms with Gasteiger partial charge in [-0.05, 0) is 23.8 Å². The molecule has 0 aliphatic carbocycles. The van der Waals surface area contributed by atoms with E-state index in [1.54, 1.807) is 18.2 Å². The number of carbonyl (C=O) groups excluding carboxylic acids is 1. The van der Waals surface area contributed by atoms with Gasteiger partial charge in [-0.15, -0.1) is 0 Å². The fourth-order valence-corrected chi connectivity index (χ4v) is 4.02. The molecule has 0 saturated heterocycles. The number of benzene rings is 3. The predicted octanol–water partition coefficient (Wildman–Crippen LogP) is 4.61. The van der Waals surface area contributed by atoms with Crippen LogP contribution in [0.25, 0.3) is 0 Å². The maximum Gasteiger partial charge on any atom is 0.274 e. The fraction of sp³-hybridized carbons (Fsp3) is 0.200. The Morgan fingerprint density at radius 1 is 0.971 bits per heavy atom. The van der Waals surface area contributed by atoms with Crippen molar-refractivity contribution in [2.45, 2.75) is 12.5 Å². The quantitative estimate of drug-likeness (QED) is 0.376. The lowest BCUT2D eigenvalue weighted by molar-refractivity contribution is -0.385. The van der Waals surface area contributed by atoms with Gasteiger partial charge in [0.1, 0.15) is 0 Å². The molecule has 0 N–H and O–H groups in total. The minimum Gasteiger partial charge on any atom is -0.493 e. The number of rotatable bonds is 7. The van der Waals surface area contributed by atoms with Crippen LogP contribution in [0.15, 0.2) is 71.8 Å². The Hall–Kier alpha value is -4.40. The molecule has 0 spiro atoms. The molecule has 3 aromatic carbocycles. The minimum absolute atomic E-state index is 0.0697. The Kier molecular flexibility index (Phi) is 6.44. The highest BCUT2D eigenvalue weighted by molar-refractivity contribution is 6.05. The van der Waals surface area contributed by atoms with Crippen LogP contribution < -0.4 is 14.2 Å². The summed E-state index contributed by atoms with van der Waals surface area (Å²) in [7, 11) is 4.40. The second-order valence-electron chi connectivity index (χ2n) is 7.51. The van der Waals surface area contributed by atoms with Crippen molar-refractivity contribution in [2.24, 2.45) is 5.10 Å². The molecule has 1 amide bonds. The molecular weight excluding hydrogens is 438 g/mol. The van der Waals surface area contributed by atoms with Crippen LogP contribution in [0.5, 0.6) is 17.2 Å². The van der Waals surface area contributed by atoms with E-state index in [1.807, 2.05) is 30.3 Å². The van der Waals surface area contributed by atoms with Gasteiger partial charge in [0.15, 0.2) is 11.5 Å². The topological polar surface area (TPSA) is 104 Å². The van der Waals surface area contributed by atoms with Crippen molar-refractivity contribution in [3.05, 3.63) is 93.5 Å². The number of nitro groups is 1. The van der Waals surface area contributed by atoms with E-state index in [4.69, 9.17) is 14.2 Å². The molecular formula is C25H23N3O6. The molecule has 0 saturated carbocycles. The Morgan fingerprint density at radius 3 is 2.18 bits per heavy atom. The summed E-state index contributed by atoms with van der Waals surface area (Å²) >= 11 is 0. The number of hydrazone groups is 1. The average molecular weight is 461 g/mol. The number of amides is 1. The zero-order chi connectivity index (χ0) is 24.2. The molecule has 1 aliphatic heterocycles. The van der Waals surface area contributed by atoms with Gasteiger partial charge in [-0.1, -0.05) is 42.5 Å². The number of nitro benzene ring substituents is 1. The van der Waals surface area contributed by atoms with Gasteiger partial charge in [-0.3, -0.25) is 14.9 Å². The first-order chi connectivity index (χ1) is 16.5. The molecule has 9 nitrogen and oxygen atoms in total. The van der Waals surface area contributed by atoms with Crippen LogP contribution in [0, 0.1) is 10.1 Å². The SMILES string of the molecule is COc1cc(C(=O)N2N=C(c3ccccc3)C[C@@H]2c2ccccc2[N+](=O)[O-])cc(OC)c1OC. The Balaban J connectivity index is 1.83. The zero-order valence-electron chi connectivity index (χ0n) is 18.9. The lowest BCUT2D eigenvalue weighted by atomic mass is 9.97. The first-order valence-electron chi connectivity index (χ1n) is 10.5. The molecule has 34 heavy (non-hydrogen) atoms. The monoisotopic (exact) mass is 461 g/mol. The van der Waals surface area contributed by atoms with E-state index in [2.05, 4.69) is 5.10 Å². The summed E-state index contributed by atoms with van der Waals surface area (Å²) in [4.78, 5) is 25.0. The van der Waals surface area contributed by atoms with Gasteiger partial charge < -0.3 is 14.2 Å². The second kappa shape index (κ2) is 9.62. The third kappa shape index (κ3) is 4.15. The Labute approximate surface area is 196 Å². The number of ether oxygens (including phenoxy) is 3. The van der Waals surface area contributed by atoms with E-state index in [-0.39, 0.29) is 11.3 Å². The van der Waals surface area contributed by atoms with E-state index < -0.39 is 16.9 Å². The van der Waals surface area contributed by atoms with Crippen LogP contribution in [0.2, 0.25) is 0 Å². The standard InChI is InChI=1S/C25H23N3O6/c1-32-22-13-17(14-23(33-2)24(22)34-3)25(29)27-21(18-11-7-8-12-20(18)28(30)31)15-19(26-27)16-9-5-4-6-10-16/h4-14,21H,15H2,1-3H3/t21-/m1/s1. The third-order valence-corrected chi connectivity index (χ3v) is 5.63. The fourth-order valence-electron chi connectivity index (χ4n) is 4.02. The first-order valence-corrected chi connectivity index (χ1v) is 10.5. The number of methoxy groups -OCH3 is 3. The van der Waals surface area contributed by atoms with Crippen LogP contribution in [-0.2, 0) is 0 Å². The van der Waals surface area contributed by atoms with Crippen molar-refractivity contribution in [1.29, 1.82) is 0 Å². The molecule has 0 aromatic heterocycles. The van der Waals surface area contributed by atoms with Gasteiger partial charge in [-0.25, -0.2) is 5.01 Å². The molecule has 174 valence electrons. The van der Waals surface area contributed by atoms with Crippen LogP contribution in [-0.4, -0.2) is 42.9 Å². The number of hydrogen-bond donors (Lipinski definition) is 0. The van der Waals surface area contributed by atoms with Crippen LogP contribution in [0.3, 0.4) is 0 Å². The highest BCUT2D eigenvalue weighted by Gasteiger charge is 2.37. The lowest BCUT2D eigenvalue weighted by Gasteiger charge is -2.23. The van der Waals surface area contributed by atoms with Crippen molar-refractivity contribution in [1.82, 2.24) is 5.01 Å². The lowest BCUT2D eigenvalue weighted by Crippen LogP contribution is -2.27. The first kappa shape index (κ1) is 22.8. The zero-order valence-corrected chi connectivity index (χ0v) is 18.9. The van der Waals surface area contributed by atoms with Gasteiger partial charge in [-0.2, -0.15) is 5.10 Å². The van der Waals surface area contributed by atoms with Crippen molar-refractivity contribution in [2.75, 3.05) is 21.3 Å². The van der Waals surface area contributed by atoms with E-state index in [9.17, 15) is 14.9 Å². The van der Waals surface area contributed by atoms with Crippen molar-refractivity contribution >= 4 is 17.3 Å². The normalized spacial score (nSPS) is 15.0. The molecule has 9 heteroatoms.